The molecule has 0 aliphatic carbocycles. The summed E-state index contributed by atoms with van der Waals surface area (Å²) in [4.78, 5) is 19.2. The fourth-order valence-corrected chi connectivity index (χ4v) is 2.78. The molecule has 1 aromatic heterocycles. The lowest BCUT2D eigenvalue weighted by Crippen LogP contribution is -2.21. The van der Waals surface area contributed by atoms with Gasteiger partial charge in [0.25, 0.3) is 5.56 Å². The smallest absolute Gasteiger partial charge is 0.255 e. The van der Waals surface area contributed by atoms with E-state index in [1.165, 1.54) is 17.3 Å². The van der Waals surface area contributed by atoms with E-state index in [9.17, 15) is 9.90 Å². The predicted molar refractivity (Wildman–Crippen MR) is 81.0 cm³/mol. The third kappa shape index (κ3) is 3.95. The second-order valence-corrected chi connectivity index (χ2v) is 5.73. The van der Waals surface area contributed by atoms with Gasteiger partial charge >= 0.3 is 0 Å². The van der Waals surface area contributed by atoms with Crippen molar-refractivity contribution in [2.24, 2.45) is 0 Å². The van der Waals surface area contributed by atoms with Gasteiger partial charge in [0, 0.05) is 23.4 Å². The van der Waals surface area contributed by atoms with Crippen molar-refractivity contribution in [1.29, 1.82) is 0 Å². The van der Waals surface area contributed by atoms with E-state index < -0.39 is 6.10 Å². The highest BCUT2D eigenvalue weighted by atomic mass is 32.2. The zero-order valence-corrected chi connectivity index (χ0v) is 12.4. The average Bonchev–Trinajstić information content (AvgIpc) is 2.41. The highest BCUT2D eigenvalue weighted by Crippen LogP contribution is 2.18. The molecule has 5 heteroatoms. The molecule has 0 saturated carbocycles. The molecule has 106 valence electrons. The van der Waals surface area contributed by atoms with E-state index in [0.717, 1.165) is 5.75 Å². The van der Waals surface area contributed by atoms with E-state index in [0.29, 0.717) is 22.8 Å². The van der Waals surface area contributed by atoms with Crippen LogP contribution in [0.4, 0.5) is 0 Å². The van der Waals surface area contributed by atoms with Crippen LogP contribution in [0.3, 0.4) is 0 Å². The topological polar surface area (TPSA) is 66.0 Å². The molecular formula is C15H18N2O2S. The number of aliphatic hydroxyl groups excluding tert-OH is 1. The summed E-state index contributed by atoms with van der Waals surface area (Å²) in [7, 11) is 0. The summed E-state index contributed by atoms with van der Waals surface area (Å²) in [5, 5.41) is 10.0. The van der Waals surface area contributed by atoms with Gasteiger partial charge in [0.2, 0.25) is 0 Å². The van der Waals surface area contributed by atoms with E-state index in [2.05, 4.69) is 9.97 Å². The Morgan fingerprint density at radius 3 is 2.65 bits per heavy atom. The summed E-state index contributed by atoms with van der Waals surface area (Å²) >= 11 is 1.50. The van der Waals surface area contributed by atoms with Crippen molar-refractivity contribution in [2.75, 3.05) is 0 Å². The van der Waals surface area contributed by atoms with Crippen LogP contribution in [0, 0.1) is 6.92 Å². The van der Waals surface area contributed by atoms with Gasteiger partial charge in [-0.2, -0.15) is 0 Å². The van der Waals surface area contributed by atoms with E-state index in [1.54, 1.807) is 13.8 Å². The Labute approximate surface area is 122 Å². The Morgan fingerprint density at radius 1 is 1.35 bits per heavy atom. The van der Waals surface area contributed by atoms with Gasteiger partial charge in [-0.3, -0.25) is 4.79 Å². The molecule has 4 nitrogen and oxygen atoms in total. The molecule has 0 radical (unpaired) electrons. The number of nitrogens with zero attached hydrogens (tertiary/aromatic N) is 1. The molecule has 1 aromatic carbocycles. The standard InChI is InChI=1S/C15H18N2O2S/c1-10(18)8-13-11(2)16-15(17-14(13)19)20-9-12-6-4-3-5-7-12/h3-7,10,18H,8-9H2,1-2H3,(H,16,17,19). The van der Waals surface area contributed by atoms with Crippen LogP contribution in [0.5, 0.6) is 0 Å². The zero-order chi connectivity index (χ0) is 14.5. The van der Waals surface area contributed by atoms with Crippen molar-refractivity contribution >= 4 is 11.8 Å². The van der Waals surface area contributed by atoms with Gasteiger partial charge in [-0.25, -0.2) is 4.98 Å². The highest BCUT2D eigenvalue weighted by Gasteiger charge is 2.10. The minimum Gasteiger partial charge on any atom is -0.393 e. The van der Waals surface area contributed by atoms with E-state index in [1.807, 2.05) is 30.3 Å². The van der Waals surface area contributed by atoms with Gasteiger partial charge in [0.1, 0.15) is 0 Å². The van der Waals surface area contributed by atoms with E-state index in [4.69, 9.17) is 0 Å². The van der Waals surface area contributed by atoms with Crippen molar-refractivity contribution in [2.45, 2.75) is 37.3 Å². The molecule has 2 N–H and O–H groups in total. The number of H-pyrrole nitrogens is 1. The SMILES string of the molecule is Cc1nc(SCc2ccccc2)[nH]c(=O)c1CC(C)O. The van der Waals surface area contributed by atoms with Crippen LogP contribution in [-0.4, -0.2) is 21.2 Å². The number of benzene rings is 1. The predicted octanol–water partition coefficient (Wildman–Crippen LogP) is 2.29. The lowest BCUT2D eigenvalue weighted by Gasteiger charge is -2.08. The number of aromatic amines is 1. The van der Waals surface area contributed by atoms with Crippen molar-refractivity contribution < 1.29 is 5.11 Å². The Kier molecular flexibility index (Phi) is 4.98. The Morgan fingerprint density at radius 2 is 2.05 bits per heavy atom. The summed E-state index contributed by atoms with van der Waals surface area (Å²) in [5.74, 6) is 0.763. The number of aryl methyl sites for hydroxylation is 1. The molecular weight excluding hydrogens is 272 g/mol. The van der Waals surface area contributed by atoms with Crippen LogP contribution < -0.4 is 5.56 Å². The molecule has 0 spiro atoms. The van der Waals surface area contributed by atoms with Crippen LogP contribution in [0.15, 0.2) is 40.3 Å². The summed E-state index contributed by atoms with van der Waals surface area (Å²) in [5.41, 5.74) is 2.27. The number of hydrogen-bond acceptors (Lipinski definition) is 4. The summed E-state index contributed by atoms with van der Waals surface area (Å²) in [6.45, 7) is 3.47. The zero-order valence-electron chi connectivity index (χ0n) is 11.6. The van der Waals surface area contributed by atoms with Gasteiger partial charge in [0.05, 0.1) is 6.10 Å². The second-order valence-electron chi connectivity index (χ2n) is 4.76. The first-order valence-electron chi connectivity index (χ1n) is 6.51. The molecule has 0 fully saturated rings. The van der Waals surface area contributed by atoms with Gasteiger partial charge in [-0.1, -0.05) is 42.1 Å². The van der Waals surface area contributed by atoms with Crippen LogP contribution in [-0.2, 0) is 12.2 Å². The number of hydrogen-bond donors (Lipinski definition) is 2. The quantitative estimate of drug-likeness (QED) is 0.655. The maximum Gasteiger partial charge on any atom is 0.255 e. The van der Waals surface area contributed by atoms with Crippen molar-refractivity contribution in [3.05, 3.63) is 57.5 Å². The maximum atomic E-state index is 12.0. The molecule has 0 aliphatic heterocycles. The Balaban J connectivity index is 2.12. The summed E-state index contributed by atoms with van der Waals surface area (Å²) in [6, 6.07) is 10.0. The molecule has 20 heavy (non-hydrogen) atoms. The molecule has 1 unspecified atom stereocenters. The lowest BCUT2D eigenvalue weighted by atomic mass is 10.1. The molecule has 2 aromatic rings. The first-order valence-corrected chi connectivity index (χ1v) is 7.49. The van der Waals surface area contributed by atoms with Crippen LogP contribution in [0.1, 0.15) is 23.7 Å². The average molecular weight is 290 g/mol. The van der Waals surface area contributed by atoms with Crippen molar-refractivity contribution in [3.63, 3.8) is 0 Å². The fourth-order valence-electron chi connectivity index (χ4n) is 1.91. The highest BCUT2D eigenvalue weighted by molar-refractivity contribution is 7.98. The number of nitrogens with one attached hydrogen (secondary N) is 1. The normalized spacial score (nSPS) is 12.3. The Hall–Kier alpha value is -1.59. The lowest BCUT2D eigenvalue weighted by molar-refractivity contribution is 0.194. The van der Waals surface area contributed by atoms with E-state index >= 15 is 0 Å². The number of thioether (sulfide) groups is 1. The van der Waals surface area contributed by atoms with Gasteiger partial charge in [0.15, 0.2) is 5.16 Å². The first kappa shape index (κ1) is 14.8. The van der Waals surface area contributed by atoms with Gasteiger partial charge in [-0.15, -0.1) is 0 Å². The molecule has 1 heterocycles. The number of rotatable bonds is 5. The molecule has 2 rings (SSSR count). The van der Waals surface area contributed by atoms with Crippen LogP contribution in [0.2, 0.25) is 0 Å². The maximum absolute atomic E-state index is 12.0. The molecule has 0 aliphatic rings. The third-order valence-electron chi connectivity index (χ3n) is 2.92. The minimum atomic E-state index is -0.542. The van der Waals surface area contributed by atoms with E-state index in [-0.39, 0.29) is 5.56 Å². The van der Waals surface area contributed by atoms with Gasteiger partial charge in [-0.05, 0) is 19.4 Å². The second kappa shape index (κ2) is 6.72. The summed E-state index contributed by atoms with van der Waals surface area (Å²) in [6.07, 6.45) is -0.211. The molecule has 0 amide bonds. The monoisotopic (exact) mass is 290 g/mol. The molecule has 1 atom stereocenters. The van der Waals surface area contributed by atoms with Gasteiger partial charge < -0.3 is 10.1 Å². The third-order valence-corrected chi connectivity index (χ3v) is 3.86. The number of aromatic nitrogens is 2. The largest absolute Gasteiger partial charge is 0.393 e. The first-order chi connectivity index (χ1) is 9.56. The van der Waals surface area contributed by atoms with Crippen molar-refractivity contribution in [1.82, 2.24) is 9.97 Å². The molecule has 0 saturated heterocycles. The van der Waals surface area contributed by atoms with Crippen LogP contribution in [0.25, 0.3) is 0 Å². The molecule has 0 bridgehead atoms. The minimum absolute atomic E-state index is 0.158. The van der Waals surface area contributed by atoms with Crippen LogP contribution >= 0.6 is 11.8 Å². The summed E-state index contributed by atoms with van der Waals surface area (Å²) < 4.78 is 0. The fraction of sp³-hybridized carbons (Fsp3) is 0.333. The van der Waals surface area contributed by atoms with Crippen molar-refractivity contribution in [3.8, 4) is 0 Å². The Bertz CT molecular complexity index is 624. The number of aliphatic hydroxyl groups is 1.